The predicted molar refractivity (Wildman–Crippen MR) is 76.7 cm³/mol. The number of rotatable bonds is 3. The highest BCUT2D eigenvalue weighted by Gasteiger charge is 2.39. The van der Waals surface area contributed by atoms with Crippen molar-refractivity contribution in [2.45, 2.75) is 58.5 Å². The van der Waals surface area contributed by atoms with Gasteiger partial charge in [-0.05, 0) is 57.4 Å². The van der Waals surface area contributed by atoms with Gasteiger partial charge in [0.15, 0.2) is 0 Å². The first-order chi connectivity index (χ1) is 8.61. The van der Waals surface area contributed by atoms with E-state index in [1.54, 1.807) is 0 Å². The van der Waals surface area contributed by atoms with Crippen LogP contribution in [0.4, 0.5) is 0 Å². The van der Waals surface area contributed by atoms with Crippen molar-refractivity contribution in [3.05, 3.63) is 34.9 Å². The third-order valence-electron chi connectivity index (χ3n) is 4.95. The summed E-state index contributed by atoms with van der Waals surface area (Å²) in [7, 11) is 0. The molecule has 2 fully saturated rings. The number of hydrogen-bond acceptors (Lipinski definition) is 1. The van der Waals surface area contributed by atoms with Crippen molar-refractivity contribution in [1.29, 1.82) is 0 Å². The van der Waals surface area contributed by atoms with Gasteiger partial charge in [-0.3, -0.25) is 0 Å². The molecule has 4 unspecified atom stereocenters. The van der Waals surface area contributed by atoms with E-state index in [1.807, 2.05) is 0 Å². The van der Waals surface area contributed by atoms with Gasteiger partial charge in [-0.25, -0.2) is 0 Å². The molecule has 98 valence electrons. The lowest BCUT2D eigenvalue weighted by molar-refractivity contribution is 0.327. The first-order valence-electron chi connectivity index (χ1n) is 7.46. The summed E-state index contributed by atoms with van der Waals surface area (Å²) in [6.45, 7) is 6.71. The fourth-order valence-corrected chi connectivity index (χ4v) is 4.13. The molecule has 1 heteroatoms. The van der Waals surface area contributed by atoms with Crippen LogP contribution in [0.15, 0.2) is 18.2 Å². The average molecular weight is 243 g/mol. The average Bonchev–Trinajstić information content (AvgIpc) is 2.89. The van der Waals surface area contributed by atoms with E-state index in [0.717, 1.165) is 17.9 Å². The van der Waals surface area contributed by atoms with Crippen molar-refractivity contribution in [2.75, 3.05) is 0 Å². The van der Waals surface area contributed by atoms with Crippen molar-refractivity contribution in [3.8, 4) is 0 Å². The molecule has 1 nitrogen and oxygen atoms in total. The Labute approximate surface area is 111 Å². The summed E-state index contributed by atoms with van der Waals surface area (Å²) in [4.78, 5) is 0. The quantitative estimate of drug-likeness (QED) is 0.841. The van der Waals surface area contributed by atoms with Crippen LogP contribution in [-0.4, -0.2) is 6.04 Å². The molecule has 2 aliphatic carbocycles. The van der Waals surface area contributed by atoms with Gasteiger partial charge in [-0.15, -0.1) is 0 Å². The van der Waals surface area contributed by atoms with Crippen LogP contribution in [0.1, 0.15) is 55.3 Å². The lowest BCUT2D eigenvalue weighted by Gasteiger charge is -2.27. The van der Waals surface area contributed by atoms with Crippen LogP contribution in [0.3, 0.4) is 0 Å². The molecule has 3 rings (SSSR count). The maximum atomic E-state index is 3.88. The molecule has 1 aromatic carbocycles. The Morgan fingerprint density at radius 3 is 2.33 bits per heavy atom. The predicted octanol–water partition coefficient (Wildman–Crippen LogP) is 4.14. The maximum Gasteiger partial charge on any atom is 0.0294 e. The summed E-state index contributed by atoms with van der Waals surface area (Å²) < 4.78 is 0. The fourth-order valence-electron chi connectivity index (χ4n) is 4.13. The molecule has 2 saturated carbocycles. The summed E-state index contributed by atoms with van der Waals surface area (Å²) in [5.41, 5.74) is 4.22. The highest BCUT2D eigenvalue weighted by Crippen LogP contribution is 2.45. The molecule has 0 aliphatic heterocycles. The Bertz CT molecular complexity index is 417. The second-order valence-corrected chi connectivity index (χ2v) is 6.59. The van der Waals surface area contributed by atoms with Crippen molar-refractivity contribution < 1.29 is 0 Å². The topological polar surface area (TPSA) is 12.0 Å². The lowest BCUT2D eigenvalue weighted by Crippen LogP contribution is -2.35. The highest BCUT2D eigenvalue weighted by atomic mass is 15.0. The second kappa shape index (κ2) is 4.70. The smallest absolute Gasteiger partial charge is 0.0294 e. The summed E-state index contributed by atoms with van der Waals surface area (Å²) in [5, 5.41) is 3.88. The van der Waals surface area contributed by atoms with Gasteiger partial charge in [-0.1, -0.05) is 35.7 Å². The number of fused-ring (bicyclic) bond motifs is 2. The summed E-state index contributed by atoms with van der Waals surface area (Å²) in [5.74, 6) is 1.99. The van der Waals surface area contributed by atoms with Gasteiger partial charge in [0, 0.05) is 12.1 Å². The van der Waals surface area contributed by atoms with Crippen LogP contribution in [0, 0.1) is 25.7 Å². The van der Waals surface area contributed by atoms with E-state index >= 15 is 0 Å². The van der Waals surface area contributed by atoms with E-state index in [4.69, 9.17) is 0 Å². The molecule has 0 saturated heterocycles. The van der Waals surface area contributed by atoms with Gasteiger partial charge in [0.25, 0.3) is 0 Å². The first kappa shape index (κ1) is 12.2. The number of aryl methyl sites for hydroxylation is 2. The largest absolute Gasteiger partial charge is 0.307 e. The van der Waals surface area contributed by atoms with Crippen molar-refractivity contribution in [3.63, 3.8) is 0 Å². The second-order valence-electron chi connectivity index (χ2n) is 6.59. The Morgan fingerprint density at radius 1 is 1.06 bits per heavy atom. The molecule has 2 aliphatic rings. The maximum absolute atomic E-state index is 3.88. The molecule has 18 heavy (non-hydrogen) atoms. The van der Waals surface area contributed by atoms with Crippen LogP contribution < -0.4 is 5.32 Å². The number of nitrogens with one attached hydrogen (secondary N) is 1. The zero-order valence-electron chi connectivity index (χ0n) is 11.9. The van der Waals surface area contributed by atoms with Crippen LogP contribution in [-0.2, 0) is 0 Å². The zero-order valence-corrected chi connectivity index (χ0v) is 11.9. The minimum Gasteiger partial charge on any atom is -0.307 e. The van der Waals surface area contributed by atoms with Crippen molar-refractivity contribution in [1.82, 2.24) is 5.32 Å². The van der Waals surface area contributed by atoms with Gasteiger partial charge in [0.2, 0.25) is 0 Å². The Balaban J connectivity index is 1.69. The molecule has 2 bridgehead atoms. The monoisotopic (exact) mass is 243 g/mol. The molecule has 0 heterocycles. The Hall–Kier alpha value is -0.820. The van der Waals surface area contributed by atoms with E-state index < -0.39 is 0 Å². The van der Waals surface area contributed by atoms with Crippen LogP contribution in [0.5, 0.6) is 0 Å². The van der Waals surface area contributed by atoms with Gasteiger partial charge < -0.3 is 5.32 Å². The number of hydrogen-bond donors (Lipinski definition) is 1. The third kappa shape index (κ3) is 2.33. The van der Waals surface area contributed by atoms with Crippen LogP contribution >= 0.6 is 0 Å². The molecular weight excluding hydrogens is 218 g/mol. The lowest BCUT2D eigenvalue weighted by atomic mass is 9.93. The van der Waals surface area contributed by atoms with Gasteiger partial charge in [0.1, 0.15) is 0 Å². The summed E-state index contributed by atoms with van der Waals surface area (Å²) >= 11 is 0. The molecule has 1 N–H and O–H groups in total. The molecule has 4 atom stereocenters. The van der Waals surface area contributed by atoms with Crippen molar-refractivity contribution in [2.24, 2.45) is 11.8 Å². The molecule has 0 radical (unpaired) electrons. The summed E-state index contributed by atoms with van der Waals surface area (Å²) in [6.07, 6.45) is 5.85. The van der Waals surface area contributed by atoms with Crippen LogP contribution in [0.25, 0.3) is 0 Å². The molecule has 0 spiro atoms. The third-order valence-corrected chi connectivity index (χ3v) is 4.95. The normalized spacial score (nSPS) is 31.8. The standard InChI is InChI=1S/C17H25N/c1-11-6-12(2)8-16(7-11)13(3)18-17-10-14-4-5-15(17)9-14/h6-8,13-15,17-18H,4-5,9-10H2,1-3H3. The van der Waals surface area contributed by atoms with Gasteiger partial charge in [-0.2, -0.15) is 0 Å². The summed E-state index contributed by atoms with van der Waals surface area (Å²) in [6, 6.07) is 8.19. The number of benzene rings is 1. The minimum atomic E-state index is 0.493. The Kier molecular flexibility index (Phi) is 3.19. The van der Waals surface area contributed by atoms with Crippen LogP contribution in [0.2, 0.25) is 0 Å². The van der Waals surface area contributed by atoms with E-state index in [2.05, 4.69) is 44.3 Å². The molecule has 0 amide bonds. The SMILES string of the molecule is Cc1cc(C)cc(C(C)NC2CC3CCC2C3)c1. The van der Waals surface area contributed by atoms with E-state index in [0.29, 0.717) is 6.04 Å². The zero-order chi connectivity index (χ0) is 12.7. The van der Waals surface area contributed by atoms with Crippen molar-refractivity contribution >= 4 is 0 Å². The fraction of sp³-hybridized carbons (Fsp3) is 0.647. The van der Waals surface area contributed by atoms with Gasteiger partial charge >= 0.3 is 0 Å². The molecule has 0 aromatic heterocycles. The van der Waals surface area contributed by atoms with Gasteiger partial charge in [0.05, 0.1) is 0 Å². The van der Waals surface area contributed by atoms with E-state index in [9.17, 15) is 0 Å². The molecular formula is C17H25N. The molecule has 1 aromatic rings. The van der Waals surface area contributed by atoms with E-state index in [-0.39, 0.29) is 0 Å². The van der Waals surface area contributed by atoms with E-state index in [1.165, 1.54) is 42.4 Å². The Morgan fingerprint density at radius 2 is 1.78 bits per heavy atom. The minimum absolute atomic E-state index is 0.493. The highest BCUT2D eigenvalue weighted by molar-refractivity contribution is 5.30. The first-order valence-corrected chi connectivity index (χ1v) is 7.46.